The van der Waals surface area contributed by atoms with Crippen molar-refractivity contribution in [3.63, 3.8) is 0 Å². The third-order valence-electron chi connectivity index (χ3n) is 2.76. The number of nitrogens with zero attached hydrogens (tertiary/aromatic N) is 3. The number of aliphatic hydroxyl groups is 1. The maximum Gasteiger partial charge on any atom is 0.146 e. The molecule has 0 fully saturated rings. The quantitative estimate of drug-likeness (QED) is 0.752. The fourth-order valence-electron chi connectivity index (χ4n) is 1.68. The second-order valence-corrected chi connectivity index (χ2v) is 4.57. The third kappa shape index (κ3) is 3.57. The zero-order valence-electron chi connectivity index (χ0n) is 10.6. The molecule has 0 aliphatic rings. The Balaban J connectivity index is 2.38. The van der Waals surface area contributed by atoms with Crippen LogP contribution < -0.4 is 5.32 Å². The van der Waals surface area contributed by atoms with Crippen LogP contribution in [-0.4, -0.2) is 32.0 Å². The van der Waals surface area contributed by atoms with E-state index in [4.69, 9.17) is 0 Å². The zero-order valence-corrected chi connectivity index (χ0v) is 10.6. The second-order valence-electron chi connectivity index (χ2n) is 4.57. The summed E-state index contributed by atoms with van der Waals surface area (Å²) in [6.07, 6.45) is 1.79. The monoisotopic (exact) mass is 226 g/mol. The highest BCUT2D eigenvalue weighted by molar-refractivity contribution is 4.92. The van der Waals surface area contributed by atoms with Crippen LogP contribution in [-0.2, 0) is 13.6 Å². The molecular weight excluding hydrogens is 204 g/mol. The van der Waals surface area contributed by atoms with Crippen LogP contribution in [0.2, 0.25) is 0 Å². The Labute approximate surface area is 96.9 Å². The lowest BCUT2D eigenvalue weighted by Crippen LogP contribution is -2.37. The first-order valence-electron chi connectivity index (χ1n) is 5.74. The molecule has 5 nitrogen and oxygen atoms in total. The zero-order chi connectivity index (χ0) is 12.2. The van der Waals surface area contributed by atoms with Crippen LogP contribution in [0.3, 0.4) is 0 Å². The molecule has 16 heavy (non-hydrogen) atoms. The molecule has 0 aliphatic carbocycles. The van der Waals surface area contributed by atoms with Gasteiger partial charge in [0.2, 0.25) is 0 Å². The van der Waals surface area contributed by atoms with E-state index in [-0.39, 0.29) is 0 Å². The number of hydrogen-bond donors (Lipinski definition) is 2. The molecule has 0 bridgehead atoms. The lowest BCUT2D eigenvalue weighted by Gasteiger charge is -2.22. The van der Waals surface area contributed by atoms with Crippen molar-refractivity contribution in [1.82, 2.24) is 20.1 Å². The molecular formula is C11H22N4O. The predicted molar refractivity (Wildman–Crippen MR) is 63.0 cm³/mol. The maximum absolute atomic E-state index is 9.96. The molecule has 0 aromatic carbocycles. The van der Waals surface area contributed by atoms with Crippen LogP contribution in [0.4, 0.5) is 0 Å². The molecule has 92 valence electrons. The molecule has 1 rings (SSSR count). The molecule has 2 N–H and O–H groups in total. The largest absolute Gasteiger partial charge is 0.389 e. The molecule has 0 aliphatic heterocycles. The first-order chi connectivity index (χ1) is 7.46. The summed E-state index contributed by atoms with van der Waals surface area (Å²) >= 11 is 0. The topological polar surface area (TPSA) is 63.0 Å². The van der Waals surface area contributed by atoms with Crippen LogP contribution in [0, 0.1) is 6.92 Å². The Morgan fingerprint density at radius 3 is 2.62 bits per heavy atom. The van der Waals surface area contributed by atoms with Crippen molar-refractivity contribution in [3.05, 3.63) is 11.6 Å². The summed E-state index contributed by atoms with van der Waals surface area (Å²) in [7, 11) is 1.94. The van der Waals surface area contributed by atoms with Gasteiger partial charge in [0.05, 0.1) is 12.1 Å². The molecule has 0 saturated heterocycles. The molecule has 5 heteroatoms. The van der Waals surface area contributed by atoms with E-state index in [1.807, 2.05) is 25.5 Å². The number of aryl methyl sites for hydroxylation is 1. The first kappa shape index (κ1) is 13.1. The van der Waals surface area contributed by atoms with Crippen molar-refractivity contribution in [1.29, 1.82) is 0 Å². The van der Waals surface area contributed by atoms with Crippen LogP contribution in [0.5, 0.6) is 0 Å². The minimum atomic E-state index is -0.637. The van der Waals surface area contributed by atoms with E-state index >= 15 is 0 Å². The van der Waals surface area contributed by atoms with Gasteiger partial charge in [-0.1, -0.05) is 13.3 Å². The molecule has 1 unspecified atom stereocenters. The van der Waals surface area contributed by atoms with Crippen LogP contribution in [0.15, 0.2) is 0 Å². The summed E-state index contributed by atoms with van der Waals surface area (Å²) in [6.45, 7) is 7.06. The van der Waals surface area contributed by atoms with Gasteiger partial charge in [-0.3, -0.25) is 0 Å². The van der Waals surface area contributed by atoms with Crippen LogP contribution in [0.25, 0.3) is 0 Å². The number of hydrogen-bond acceptors (Lipinski definition) is 4. The standard InChI is InChI=1S/C11H22N4O/c1-5-6-11(3,16)8-12-7-10-14-13-9(2)15(10)4/h12,16H,5-8H2,1-4H3. The molecule has 1 atom stereocenters. The Kier molecular flexibility index (Phi) is 4.44. The Morgan fingerprint density at radius 1 is 1.44 bits per heavy atom. The van der Waals surface area contributed by atoms with E-state index in [2.05, 4.69) is 22.4 Å². The Hall–Kier alpha value is -0.940. The lowest BCUT2D eigenvalue weighted by molar-refractivity contribution is 0.0496. The van der Waals surface area contributed by atoms with Gasteiger partial charge in [-0.25, -0.2) is 0 Å². The van der Waals surface area contributed by atoms with Gasteiger partial charge in [-0.15, -0.1) is 10.2 Å². The predicted octanol–water partition coefficient (Wildman–Crippen LogP) is 0.764. The van der Waals surface area contributed by atoms with Gasteiger partial charge in [0.15, 0.2) is 0 Å². The minimum absolute atomic E-state index is 0.576. The van der Waals surface area contributed by atoms with E-state index in [1.54, 1.807) is 0 Å². The summed E-state index contributed by atoms with van der Waals surface area (Å²) in [5.41, 5.74) is -0.637. The van der Waals surface area contributed by atoms with Crippen molar-refractivity contribution in [3.8, 4) is 0 Å². The van der Waals surface area contributed by atoms with E-state index in [0.29, 0.717) is 13.1 Å². The van der Waals surface area contributed by atoms with Gasteiger partial charge < -0.3 is 15.0 Å². The van der Waals surface area contributed by atoms with E-state index in [0.717, 1.165) is 24.5 Å². The molecule has 0 amide bonds. The number of nitrogens with one attached hydrogen (secondary N) is 1. The van der Waals surface area contributed by atoms with Gasteiger partial charge in [0.1, 0.15) is 11.6 Å². The van der Waals surface area contributed by atoms with Crippen molar-refractivity contribution in [2.75, 3.05) is 6.54 Å². The summed E-state index contributed by atoms with van der Waals surface area (Å²) < 4.78 is 1.95. The highest BCUT2D eigenvalue weighted by Gasteiger charge is 2.18. The molecule has 1 aromatic heterocycles. The van der Waals surface area contributed by atoms with Crippen molar-refractivity contribution < 1.29 is 5.11 Å². The summed E-state index contributed by atoms with van der Waals surface area (Å²) in [5.74, 6) is 1.79. The minimum Gasteiger partial charge on any atom is -0.389 e. The van der Waals surface area contributed by atoms with Gasteiger partial charge in [0, 0.05) is 13.6 Å². The average molecular weight is 226 g/mol. The number of aromatic nitrogens is 3. The van der Waals surface area contributed by atoms with Gasteiger partial charge in [-0.2, -0.15) is 0 Å². The SMILES string of the molecule is CCCC(C)(O)CNCc1nnc(C)n1C. The Morgan fingerprint density at radius 2 is 2.12 bits per heavy atom. The smallest absolute Gasteiger partial charge is 0.146 e. The van der Waals surface area contributed by atoms with E-state index in [9.17, 15) is 5.11 Å². The summed E-state index contributed by atoms with van der Waals surface area (Å²) in [5, 5.41) is 21.2. The highest BCUT2D eigenvalue weighted by atomic mass is 16.3. The molecule has 0 saturated carbocycles. The third-order valence-corrected chi connectivity index (χ3v) is 2.76. The van der Waals surface area contributed by atoms with Crippen LogP contribution in [0.1, 0.15) is 38.3 Å². The normalized spacial score (nSPS) is 15.1. The van der Waals surface area contributed by atoms with Gasteiger partial charge in [0.25, 0.3) is 0 Å². The molecule has 0 radical (unpaired) electrons. The molecule has 1 aromatic rings. The van der Waals surface area contributed by atoms with Crippen LogP contribution >= 0.6 is 0 Å². The summed E-state index contributed by atoms with van der Waals surface area (Å²) in [4.78, 5) is 0. The average Bonchev–Trinajstić information content (AvgIpc) is 2.49. The van der Waals surface area contributed by atoms with Crippen molar-refractivity contribution >= 4 is 0 Å². The maximum atomic E-state index is 9.96. The fourth-order valence-corrected chi connectivity index (χ4v) is 1.68. The molecule has 1 heterocycles. The first-order valence-corrected chi connectivity index (χ1v) is 5.74. The Bertz CT molecular complexity index is 333. The highest BCUT2D eigenvalue weighted by Crippen LogP contribution is 2.10. The van der Waals surface area contributed by atoms with E-state index in [1.165, 1.54) is 0 Å². The van der Waals surface area contributed by atoms with E-state index < -0.39 is 5.60 Å². The second kappa shape index (κ2) is 5.41. The lowest BCUT2D eigenvalue weighted by atomic mass is 10.0. The number of rotatable bonds is 6. The van der Waals surface area contributed by atoms with Gasteiger partial charge in [-0.05, 0) is 20.3 Å². The van der Waals surface area contributed by atoms with Crippen molar-refractivity contribution in [2.24, 2.45) is 7.05 Å². The molecule has 0 spiro atoms. The van der Waals surface area contributed by atoms with Gasteiger partial charge >= 0.3 is 0 Å². The summed E-state index contributed by atoms with van der Waals surface area (Å²) in [6, 6.07) is 0. The van der Waals surface area contributed by atoms with Crippen molar-refractivity contribution in [2.45, 2.75) is 45.8 Å². The fraction of sp³-hybridized carbons (Fsp3) is 0.818.